The first-order chi connectivity index (χ1) is 6.50. The summed E-state index contributed by atoms with van der Waals surface area (Å²) < 4.78 is 0. The van der Waals surface area contributed by atoms with Crippen molar-refractivity contribution in [3.05, 3.63) is 18.0 Å². The second kappa shape index (κ2) is 3.82. The van der Waals surface area contributed by atoms with Gasteiger partial charge in [0.25, 0.3) is 5.91 Å². The van der Waals surface area contributed by atoms with Crippen LogP contribution in [0.1, 0.15) is 17.4 Å². The highest BCUT2D eigenvalue weighted by Gasteiger charge is 2.14. The molecule has 0 fully saturated rings. The van der Waals surface area contributed by atoms with Gasteiger partial charge >= 0.3 is 0 Å². The summed E-state index contributed by atoms with van der Waals surface area (Å²) in [6.07, 6.45) is 1.49. The standard InChI is InChI=1S/C8H12N4O2/c1-4(7(10)13)12-8(14)6-2-5(9)3-11-6/h2-4,11H,9H2,1H3,(H2,10,13)(H,12,14). The molecule has 0 bridgehead atoms. The van der Waals surface area contributed by atoms with E-state index in [9.17, 15) is 9.59 Å². The predicted octanol–water partition coefficient (Wildman–Crippen LogP) is -0.799. The monoisotopic (exact) mass is 196 g/mol. The third kappa shape index (κ3) is 2.25. The van der Waals surface area contributed by atoms with Crippen molar-refractivity contribution in [3.8, 4) is 0 Å². The zero-order valence-electron chi connectivity index (χ0n) is 7.70. The third-order valence-corrected chi connectivity index (χ3v) is 1.72. The maximum Gasteiger partial charge on any atom is 0.268 e. The molecule has 1 heterocycles. The minimum absolute atomic E-state index is 0.301. The summed E-state index contributed by atoms with van der Waals surface area (Å²) in [6, 6.07) is 0.773. The van der Waals surface area contributed by atoms with E-state index in [2.05, 4.69) is 10.3 Å². The van der Waals surface area contributed by atoms with Gasteiger partial charge in [-0.2, -0.15) is 0 Å². The molecule has 0 aliphatic carbocycles. The van der Waals surface area contributed by atoms with Crippen LogP contribution in [0.15, 0.2) is 12.3 Å². The summed E-state index contributed by atoms with van der Waals surface area (Å²) in [5.74, 6) is -0.995. The molecule has 1 atom stereocenters. The van der Waals surface area contributed by atoms with E-state index in [1.54, 1.807) is 0 Å². The van der Waals surface area contributed by atoms with Crippen LogP contribution >= 0.6 is 0 Å². The van der Waals surface area contributed by atoms with Gasteiger partial charge in [-0.3, -0.25) is 9.59 Å². The number of primary amides is 1. The summed E-state index contributed by atoms with van der Waals surface area (Å²) >= 11 is 0. The Morgan fingerprint density at radius 2 is 2.21 bits per heavy atom. The van der Waals surface area contributed by atoms with Crippen LogP contribution in [0.3, 0.4) is 0 Å². The number of H-pyrrole nitrogens is 1. The van der Waals surface area contributed by atoms with E-state index < -0.39 is 17.9 Å². The van der Waals surface area contributed by atoms with Gasteiger partial charge < -0.3 is 21.8 Å². The molecule has 0 radical (unpaired) electrons. The van der Waals surface area contributed by atoms with E-state index in [4.69, 9.17) is 11.5 Å². The van der Waals surface area contributed by atoms with Gasteiger partial charge in [-0.05, 0) is 13.0 Å². The Hall–Kier alpha value is -1.98. The SMILES string of the molecule is CC(NC(=O)c1cc(N)c[nH]1)C(N)=O. The fourth-order valence-electron chi connectivity index (χ4n) is 0.888. The lowest BCUT2D eigenvalue weighted by molar-refractivity contribution is -0.119. The first kappa shape index (κ1) is 10.1. The second-order valence-electron chi connectivity index (χ2n) is 2.94. The molecule has 0 saturated carbocycles. The lowest BCUT2D eigenvalue weighted by atomic mass is 10.3. The molecule has 6 heteroatoms. The normalized spacial score (nSPS) is 12.1. The van der Waals surface area contributed by atoms with Crippen molar-refractivity contribution in [2.75, 3.05) is 5.73 Å². The van der Waals surface area contributed by atoms with Crippen molar-refractivity contribution >= 4 is 17.5 Å². The van der Waals surface area contributed by atoms with Crippen molar-refractivity contribution < 1.29 is 9.59 Å². The van der Waals surface area contributed by atoms with Gasteiger partial charge in [-0.1, -0.05) is 0 Å². The van der Waals surface area contributed by atoms with E-state index in [1.807, 2.05) is 0 Å². The van der Waals surface area contributed by atoms with Gasteiger partial charge in [-0.15, -0.1) is 0 Å². The molecule has 0 saturated heterocycles. The molecule has 6 N–H and O–H groups in total. The number of nitrogen functional groups attached to an aromatic ring is 1. The van der Waals surface area contributed by atoms with Crippen LogP contribution in [0, 0.1) is 0 Å². The number of anilines is 1. The summed E-state index contributed by atoms with van der Waals surface area (Å²) in [7, 11) is 0. The largest absolute Gasteiger partial charge is 0.397 e. The molecule has 6 nitrogen and oxygen atoms in total. The number of aromatic amines is 1. The molecule has 0 aliphatic rings. The van der Waals surface area contributed by atoms with Crippen LogP contribution in [-0.4, -0.2) is 22.8 Å². The number of amides is 2. The lowest BCUT2D eigenvalue weighted by Gasteiger charge is -2.08. The first-order valence-corrected chi connectivity index (χ1v) is 4.04. The molecule has 1 aromatic rings. The number of nitrogens with two attached hydrogens (primary N) is 2. The molecule has 0 aliphatic heterocycles. The van der Waals surface area contributed by atoms with E-state index in [1.165, 1.54) is 19.2 Å². The van der Waals surface area contributed by atoms with Gasteiger partial charge in [-0.25, -0.2) is 0 Å². The Morgan fingerprint density at radius 1 is 1.57 bits per heavy atom. The number of aromatic nitrogens is 1. The lowest BCUT2D eigenvalue weighted by Crippen LogP contribution is -2.42. The van der Waals surface area contributed by atoms with Crippen LogP contribution in [0.25, 0.3) is 0 Å². The summed E-state index contributed by atoms with van der Waals surface area (Å²) in [4.78, 5) is 24.7. The van der Waals surface area contributed by atoms with E-state index in [0.29, 0.717) is 11.4 Å². The van der Waals surface area contributed by atoms with Crippen LogP contribution in [0.4, 0.5) is 5.69 Å². The molecular formula is C8H12N4O2. The fourth-order valence-corrected chi connectivity index (χ4v) is 0.888. The van der Waals surface area contributed by atoms with E-state index in [0.717, 1.165) is 0 Å². The van der Waals surface area contributed by atoms with E-state index in [-0.39, 0.29) is 0 Å². The van der Waals surface area contributed by atoms with Crippen LogP contribution in [0.2, 0.25) is 0 Å². The van der Waals surface area contributed by atoms with Gasteiger partial charge in [0.05, 0.1) is 0 Å². The Balaban J connectivity index is 2.63. The molecular weight excluding hydrogens is 184 g/mol. The van der Waals surface area contributed by atoms with Gasteiger partial charge in [0.2, 0.25) is 5.91 Å². The Labute approximate surface area is 80.7 Å². The number of hydrogen-bond acceptors (Lipinski definition) is 3. The molecule has 2 amide bonds. The van der Waals surface area contributed by atoms with Gasteiger partial charge in [0, 0.05) is 11.9 Å². The van der Waals surface area contributed by atoms with Crippen LogP contribution in [0.5, 0.6) is 0 Å². The number of carbonyl (C=O) groups excluding carboxylic acids is 2. The minimum Gasteiger partial charge on any atom is -0.397 e. The highest BCUT2D eigenvalue weighted by atomic mass is 16.2. The number of hydrogen-bond donors (Lipinski definition) is 4. The zero-order chi connectivity index (χ0) is 10.7. The van der Waals surface area contributed by atoms with Gasteiger partial charge in [0.15, 0.2) is 0 Å². The average molecular weight is 196 g/mol. The Bertz CT molecular complexity index is 358. The van der Waals surface area contributed by atoms with Crippen molar-refractivity contribution in [1.29, 1.82) is 0 Å². The topological polar surface area (TPSA) is 114 Å². The quantitative estimate of drug-likeness (QED) is 0.507. The van der Waals surface area contributed by atoms with Crippen LogP contribution in [-0.2, 0) is 4.79 Å². The number of nitrogens with one attached hydrogen (secondary N) is 2. The highest BCUT2D eigenvalue weighted by molar-refractivity contribution is 5.96. The van der Waals surface area contributed by atoms with Crippen LogP contribution < -0.4 is 16.8 Å². The van der Waals surface area contributed by atoms with Crippen molar-refractivity contribution in [1.82, 2.24) is 10.3 Å². The van der Waals surface area contributed by atoms with Crippen molar-refractivity contribution in [3.63, 3.8) is 0 Å². The molecule has 1 unspecified atom stereocenters. The molecule has 1 aromatic heterocycles. The second-order valence-corrected chi connectivity index (χ2v) is 2.94. The third-order valence-electron chi connectivity index (χ3n) is 1.72. The molecule has 0 spiro atoms. The predicted molar refractivity (Wildman–Crippen MR) is 51.3 cm³/mol. The van der Waals surface area contributed by atoms with Crippen molar-refractivity contribution in [2.24, 2.45) is 5.73 Å². The number of carbonyl (C=O) groups is 2. The smallest absolute Gasteiger partial charge is 0.268 e. The Morgan fingerprint density at radius 3 is 2.64 bits per heavy atom. The maximum atomic E-state index is 11.4. The maximum absolute atomic E-state index is 11.4. The van der Waals surface area contributed by atoms with Gasteiger partial charge in [0.1, 0.15) is 11.7 Å². The Kier molecular flexibility index (Phi) is 2.76. The molecule has 0 aromatic carbocycles. The fraction of sp³-hybridized carbons (Fsp3) is 0.250. The zero-order valence-corrected chi connectivity index (χ0v) is 7.70. The minimum atomic E-state index is -0.702. The molecule has 76 valence electrons. The first-order valence-electron chi connectivity index (χ1n) is 4.04. The highest BCUT2D eigenvalue weighted by Crippen LogP contribution is 2.04. The summed E-state index contributed by atoms with van der Waals surface area (Å²) in [5, 5.41) is 2.41. The number of rotatable bonds is 3. The average Bonchev–Trinajstić information content (AvgIpc) is 2.51. The summed E-state index contributed by atoms with van der Waals surface area (Å²) in [6.45, 7) is 1.51. The van der Waals surface area contributed by atoms with E-state index >= 15 is 0 Å². The summed E-state index contributed by atoms with van der Waals surface area (Å²) in [5.41, 5.74) is 11.1. The molecule has 14 heavy (non-hydrogen) atoms. The van der Waals surface area contributed by atoms with Crippen molar-refractivity contribution in [2.45, 2.75) is 13.0 Å². The molecule has 1 rings (SSSR count).